The molecule has 0 spiro atoms. The molecule has 18 heavy (non-hydrogen) atoms. The van der Waals surface area contributed by atoms with Crippen LogP contribution >= 0.6 is 0 Å². The number of hydrogen-bond acceptors (Lipinski definition) is 5. The van der Waals surface area contributed by atoms with Gasteiger partial charge >= 0.3 is 0 Å². The van der Waals surface area contributed by atoms with Gasteiger partial charge in [-0.2, -0.15) is 0 Å². The molecule has 1 aromatic heterocycles. The molecule has 102 valence electrons. The number of anilines is 1. The third-order valence-electron chi connectivity index (χ3n) is 2.41. The van der Waals surface area contributed by atoms with Crippen molar-refractivity contribution in [1.82, 2.24) is 9.97 Å². The van der Waals surface area contributed by atoms with Gasteiger partial charge in [0.2, 0.25) is 5.88 Å². The van der Waals surface area contributed by atoms with Crippen molar-refractivity contribution in [3.05, 3.63) is 11.9 Å². The van der Waals surface area contributed by atoms with E-state index in [2.05, 4.69) is 36.1 Å². The third kappa shape index (κ3) is 4.49. The molecule has 1 rings (SSSR count). The zero-order chi connectivity index (χ0) is 13.4. The molecule has 0 unspecified atom stereocenters. The first-order valence-corrected chi connectivity index (χ1v) is 6.41. The van der Waals surface area contributed by atoms with E-state index in [1.54, 1.807) is 0 Å². The van der Waals surface area contributed by atoms with Gasteiger partial charge in [0.1, 0.15) is 18.8 Å². The van der Waals surface area contributed by atoms with Crippen molar-refractivity contribution >= 4 is 5.82 Å². The van der Waals surface area contributed by atoms with Crippen LogP contribution in [0.3, 0.4) is 0 Å². The molecular weight excluding hydrogens is 230 g/mol. The summed E-state index contributed by atoms with van der Waals surface area (Å²) in [6, 6.07) is 0. The van der Waals surface area contributed by atoms with Crippen LogP contribution in [0.4, 0.5) is 5.82 Å². The summed E-state index contributed by atoms with van der Waals surface area (Å²) in [5, 5.41) is 3.04. The SMILES string of the molecule is CCc1c(NC)ncnc1OCCOCC(C)C. The van der Waals surface area contributed by atoms with Crippen LogP contribution in [0.1, 0.15) is 26.3 Å². The van der Waals surface area contributed by atoms with Gasteiger partial charge in [0.25, 0.3) is 0 Å². The number of hydrogen-bond donors (Lipinski definition) is 1. The first kappa shape index (κ1) is 14.7. The number of nitrogens with zero attached hydrogens (tertiary/aromatic N) is 2. The Labute approximate surface area is 109 Å². The van der Waals surface area contributed by atoms with Gasteiger partial charge in [-0.1, -0.05) is 20.8 Å². The lowest BCUT2D eigenvalue weighted by Gasteiger charge is -2.12. The summed E-state index contributed by atoms with van der Waals surface area (Å²) >= 11 is 0. The van der Waals surface area contributed by atoms with Crippen LogP contribution in [0.5, 0.6) is 5.88 Å². The van der Waals surface area contributed by atoms with Crippen molar-refractivity contribution < 1.29 is 9.47 Å². The van der Waals surface area contributed by atoms with Crippen molar-refractivity contribution in [3.8, 4) is 5.88 Å². The fourth-order valence-corrected chi connectivity index (χ4v) is 1.57. The maximum absolute atomic E-state index is 5.64. The van der Waals surface area contributed by atoms with E-state index in [4.69, 9.17) is 9.47 Å². The normalized spacial score (nSPS) is 10.7. The minimum absolute atomic E-state index is 0.514. The molecule has 5 nitrogen and oxygen atoms in total. The van der Waals surface area contributed by atoms with Crippen molar-refractivity contribution in [3.63, 3.8) is 0 Å². The van der Waals surface area contributed by atoms with E-state index in [1.165, 1.54) is 6.33 Å². The Kier molecular flexibility index (Phi) is 6.43. The van der Waals surface area contributed by atoms with Gasteiger partial charge in [0.05, 0.1) is 12.2 Å². The lowest BCUT2D eigenvalue weighted by Crippen LogP contribution is -2.12. The average molecular weight is 253 g/mol. The second-order valence-corrected chi connectivity index (χ2v) is 4.43. The standard InChI is InChI=1S/C13H23N3O2/c1-5-11-12(14-4)15-9-16-13(11)18-7-6-17-8-10(2)3/h9-10H,5-8H2,1-4H3,(H,14,15,16). The molecule has 0 aromatic carbocycles. The van der Waals surface area contributed by atoms with Crippen molar-refractivity contribution in [1.29, 1.82) is 0 Å². The van der Waals surface area contributed by atoms with Gasteiger partial charge in [-0.15, -0.1) is 0 Å². The van der Waals surface area contributed by atoms with Crippen LogP contribution in [0.25, 0.3) is 0 Å². The molecule has 0 bridgehead atoms. The van der Waals surface area contributed by atoms with E-state index in [-0.39, 0.29) is 0 Å². The highest BCUT2D eigenvalue weighted by Crippen LogP contribution is 2.21. The van der Waals surface area contributed by atoms with Crippen molar-refractivity contribution in [2.24, 2.45) is 5.92 Å². The molecule has 1 aromatic rings. The molecule has 0 fully saturated rings. The van der Waals surface area contributed by atoms with E-state index in [0.29, 0.717) is 25.0 Å². The lowest BCUT2D eigenvalue weighted by atomic mass is 10.2. The predicted octanol–water partition coefficient (Wildman–Crippen LogP) is 2.13. The molecule has 0 amide bonds. The first-order valence-electron chi connectivity index (χ1n) is 6.41. The van der Waals surface area contributed by atoms with Crippen LogP contribution in [0.2, 0.25) is 0 Å². The number of aromatic nitrogens is 2. The van der Waals surface area contributed by atoms with Gasteiger partial charge in [-0.05, 0) is 12.3 Å². The summed E-state index contributed by atoms with van der Waals surface area (Å²) in [6.07, 6.45) is 2.34. The van der Waals surface area contributed by atoms with E-state index in [9.17, 15) is 0 Å². The zero-order valence-electron chi connectivity index (χ0n) is 11.7. The largest absolute Gasteiger partial charge is 0.475 e. The molecular formula is C13H23N3O2. The highest BCUT2D eigenvalue weighted by molar-refractivity contribution is 5.48. The summed E-state index contributed by atoms with van der Waals surface area (Å²) in [4.78, 5) is 8.32. The number of rotatable bonds is 8. The highest BCUT2D eigenvalue weighted by atomic mass is 16.5. The first-order chi connectivity index (χ1) is 8.69. The van der Waals surface area contributed by atoms with Crippen LogP contribution in [-0.2, 0) is 11.2 Å². The molecule has 0 aliphatic carbocycles. The summed E-state index contributed by atoms with van der Waals surface area (Å²) in [5.74, 6) is 2.02. The fourth-order valence-electron chi connectivity index (χ4n) is 1.57. The molecule has 5 heteroatoms. The van der Waals surface area contributed by atoms with E-state index in [0.717, 1.165) is 24.4 Å². The molecule has 0 aliphatic heterocycles. The summed E-state index contributed by atoms with van der Waals surface area (Å²) in [7, 11) is 1.84. The average Bonchev–Trinajstić information content (AvgIpc) is 2.37. The molecule has 1 heterocycles. The maximum atomic E-state index is 5.64. The smallest absolute Gasteiger partial charge is 0.221 e. The van der Waals surface area contributed by atoms with Gasteiger partial charge in [-0.25, -0.2) is 9.97 Å². The molecule has 0 aliphatic rings. The van der Waals surface area contributed by atoms with Crippen molar-refractivity contribution in [2.75, 3.05) is 32.2 Å². The predicted molar refractivity (Wildman–Crippen MR) is 72.1 cm³/mol. The Morgan fingerprint density at radius 3 is 2.67 bits per heavy atom. The Morgan fingerprint density at radius 2 is 2.06 bits per heavy atom. The van der Waals surface area contributed by atoms with E-state index in [1.807, 2.05) is 7.05 Å². The minimum Gasteiger partial charge on any atom is -0.475 e. The Morgan fingerprint density at radius 1 is 1.28 bits per heavy atom. The monoisotopic (exact) mass is 253 g/mol. The van der Waals surface area contributed by atoms with Crippen molar-refractivity contribution in [2.45, 2.75) is 27.2 Å². The number of ether oxygens (including phenoxy) is 2. The topological polar surface area (TPSA) is 56.3 Å². The second kappa shape index (κ2) is 7.87. The highest BCUT2D eigenvalue weighted by Gasteiger charge is 2.09. The number of nitrogens with one attached hydrogen (secondary N) is 1. The zero-order valence-corrected chi connectivity index (χ0v) is 11.7. The van der Waals surface area contributed by atoms with Crippen LogP contribution < -0.4 is 10.1 Å². The van der Waals surface area contributed by atoms with Crippen LogP contribution in [0.15, 0.2) is 6.33 Å². The van der Waals surface area contributed by atoms with Crippen LogP contribution in [-0.4, -0.2) is 36.8 Å². The Hall–Kier alpha value is -1.36. The van der Waals surface area contributed by atoms with E-state index < -0.39 is 0 Å². The quantitative estimate of drug-likeness (QED) is 0.719. The van der Waals surface area contributed by atoms with Gasteiger partial charge in [0, 0.05) is 13.7 Å². The fraction of sp³-hybridized carbons (Fsp3) is 0.692. The van der Waals surface area contributed by atoms with Gasteiger partial charge in [0.15, 0.2) is 0 Å². The molecule has 0 radical (unpaired) electrons. The molecule has 0 atom stereocenters. The Bertz CT molecular complexity index is 356. The maximum Gasteiger partial charge on any atom is 0.221 e. The molecule has 0 saturated heterocycles. The lowest BCUT2D eigenvalue weighted by molar-refractivity contribution is 0.0803. The minimum atomic E-state index is 0.514. The third-order valence-corrected chi connectivity index (χ3v) is 2.41. The van der Waals surface area contributed by atoms with E-state index >= 15 is 0 Å². The summed E-state index contributed by atoms with van der Waals surface area (Å²) < 4.78 is 11.1. The van der Waals surface area contributed by atoms with Gasteiger partial charge < -0.3 is 14.8 Å². The van der Waals surface area contributed by atoms with Crippen LogP contribution in [0, 0.1) is 5.92 Å². The molecule has 0 saturated carbocycles. The molecule has 1 N–H and O–H groups in total. The Balaban J connectivity index is 2.46. The summed E-state index contributed by atoms with van der Waals surface area (Å²) in [6.45, 7) is 8.16. The van der Waals surface area contributed by atoms with Gasteiger partial charge in [-0.3, -0.25) is 0 Å². The summed E-state index contributed by atoms with van der Waals surface area (Å²) in [5.41, 5.74) is 1.00. The second-order valence-electron chi connectivity index (χ2n) is 4.43.